The summed E-state index contributed by atoms with van der Waals surface area (Å²) < 4.78 is 5.04. The first kappa shape index (κ1) is 9.67. The Bertz CT molecular complexity index is 452. The Labute approximate surface area is 87.3 Å². The first-order valence-electron chi connectivity index (χ1n) is 4.59. The third kappa shape index (κ3) is 1.97. The van der Waals surface area contributed by atoms with Gasteiger partial charge in [-0.15, -0.1) is 0 Å². The van der Waals surface area contributed by atoms with Crippen molar-refractivity contribution in [3.05, 3.63) is 30.0 Å². The SMILES string of the molecule is COc1cccc(-c2cc(CN)[nH]n2)n1. The molecule has 3 N–H and O–H groups in total. The molecule has 0 aliphatic heterocycles. The largest absolute Gasteiger partial charge is 0.481 e. The third-order valence-electron chi connectivity index (χ3n) is 2.05. The summed E-state index contributed by atoms with van der Waals surface area (Å²) in [4.78, 5) is 4.26. The van der Waals surface area contributed by atoms with Gasteiger partial charge in [-0.25, -0.2) is 4.98 Å². The van der Waals surface area contributed by atoms with E-state index in [1.54, 1.807) is 13.2 Å². The Morgan fingerprint density at radius 2 is 2.27 bits per heavy atom. The maximum absolute atomic E-state index is 5.48. The summed E-state index contributed by atoms with van der Waals surface area (Å²) in [5.74, 6) is 0.574. The topological polar surface area (TPSA) is 76.8 Å². The number of ether oxygens (including phenoxy) is 1. The highest BCUT2D eigenvalue weighted by molar-refractivity contribution is 5.54. The number of nitrogens with one attached hydrogen (secondary N) is 1. The Morgan fingerprint density at radius 1 is 1.40 bits per heavy atom. The van der Waals surface area contributed by atoms with Crippen molar-refractivity contribution < 1.29 is 4.74 Å². The van der Waals surface area contributed by atoms with Crippen LogP contribution < -0.4 is 10.5 Å². The van der Waals surface area contributed by atoms with E-state index in [-0.39, 0.29) is 0 Å². The molecule has 0 aromatic carbocycles. The molecule has 15 heavy (non-hydrogen) atoms. The first-order valence-corrected chi connectivity index (χ1v) is 4.59. The summed E-state index contributed by atoms with van der Waals surface area (Å²) in [5.41, 5.74) is 7.91. The van der Waals surface area contributed by atoms with Crippen LogP contribution in [-0.4, -0.2) is 22.3 Å². The molecule has 0 radical (unpaired) electrons. The zero-order chi connectivity index (χ0) is 10.7. The van der Waals surface area contributed by atoms with Crippen LogP contribution in [0.15, 0.2) is 24.3 Å². The van der Waals surface area contributed by atoms with Gasteiger partial charge in [-0.2, -0.15) is 5.10 Å². The quantitative estimate of drug-likeness (QED) is 0.780. The molecule has 0 atom stereocenters. The number of aromatic nitrogens is 3. The first-order chi connectivity index (χ1) is 7.33. The van der Waals surface area contributed by atoms with E-state index in [0.717, 1.165) is 17.1 Å². The number of hydrogen-bond donors (Lipinski definition) is 2. The molecule has 0 aliphatic rings. The lowest BCUT2D eigenvalue weighted by Crippen LogP contribution is -1.95. The van der Waals surface area contributed by atoms with Gasteiger partial charge in [-0.1, -0.05) is 6.07 Å². The minimum atomic E-state index is 0.441. The van der Waals surface area contributed by atoms with Crippen molar-refractivity contribution in [3.8, 4) is 17.3 Å². The molecule has 0 bridgehead atoms. The molecule has 0 saturated heterocycles. The summed E-state index contributed by atoms with van der Waals surface area (Å²) in [6.45, 7) is 0.441. The van der Waals surface area contributed by atoms with Crippen molar-refractivity contribution in [3.63, 3.8) is 0 Å². The second-order valence-electron chi connectivity index (χ2n) is 3.05. The maximum atomic E-state index is 5.48. The lowest BCUT2D eigenvalue weighted by atomic mass is 10.2. The number of nitrogens with two attached hydrogens (primary N) is 1. The normalized spacial score (nSPS) is 10.3. The van der Waals surface area contributed by atoms with Crippen LogP contribution in [0.2, 0.25) is 0 Å². The van der Waals surface area contributed by atoms with Crippen molar-refractivity contribution in [1.29, 1.82) is 0 Å². The molecule has 5 nitrogen and oxygen atoms in total. The molecular weight excluding hydrogens is 192 g/mol. The lowest BCUT2D eigenvalue weighted by Gasteiger charge is -1.99. The van der Waals surface area contributed by atoms with Crippen LogP contribution in [-0.2, 0) is 6.54 Å². The second kappa shape index (κ2) is 4.10. The Kier molecular flexibility index (Phi) is 2.64. The Balaban J connectivity index is 2.35. The molecule has 2 heterocycles. The van der Waals surface area contributed by atoms with Crippen LogP contribution in [0.1, 0.15) is 5.69 Å². The Morgan fingerprint density at radius 3 is 2.93 bits per heavy atom. The van der Waals surface area contributed by atoms with Gasteiger partial charge in [0.1, 0.15) is 5.69 Å². The molecule has 0 spiro atoms. The lowest BCUT2D eigenvalue weighted by molar-refractivity contribution is 0.398. The fourth-order valence-electron chi connectivity index (χ4n) is 1.27. The predicted octanol–water partition coefficient (Wildman–Crippen LogP) is 0.939. The van der Waals surface area contributed by atoms with Crippen molar-refractivity contribution in [2.45, 2.75) is 6.54 Å². The fraction of sp³-hybridized carbons (Fsp3) is 0.200. The minimum absolute atomic E-state index is 0.441. The maximum Gasteiger partial charge on any atom is 0.213 e. The van der Waals surface area contributed by atoms with Gasteiger partial charge in [-0.3, -0.25) is 5.10 Å². The van der Waals surface area contributed by atoms with Gasteiger partial charge in [0.25, 0.3) is 0 Å². The van der Waals surface area contributed by atoms with Crippen LogP contribution in [0.5, 0.6) is 5.88 Å². The number of H-pyrrole nitrogens is 1. The molecule has 0 amide bonds. The summed E-state index contributed by atoms with van der Waals surface area (Å²) >= 11 is 0. The smallest absolute Gasteiger partial charge is 0.213 e. The van der Waals surface area contributed by atoms with E-state index in [9.17, 15) is 0 Å². The zero-order valence-corrected chi connectivity index (χ0v) is 8.40. The molecule has 2 aromatic heterocycles. The third-order valence-corrected chi connectivity index (χ3v) is 2.05. The summed E-state index contributed by atoms with van der Waals surface area (Å²) in [5, 5.41) is 6.95. The van der Waals surface area contributed by atoms with E-state index >= 15 is 0 Å². The number of nitrogens with zero attached hydrogens (tertiary/aromatic N) is 2. The van der Waals surface area contributed by atoms with E-state index in [1.165, 1.54) is 0 Å². The Hall–Kier alpha value is -1.88. The number of hydrogen-bond acceptors (Lipinski definition) is 4. The highest BCUT2D eigenvalue weighted by Crippen LogP contribution is 2.17. The standard InChI is InChI=1S/C10H12N4O/c1-15-10-4-2-3-8(12-10)9-5-7(6-11)13-14-9/h2-5H,6,11H2,1H3,(H,13,14). The number of aromatic amines is 1. The highest BCUT2D eigenvalue weighted by atomic mass is 16.5. The summed E-state index contributed by atoms with van der Waals surface area (Å²) in [6, 6.07) is 7.42. The van der Waals surface area contributed by atoms with Crippen molar-refractivity contribution >= 4 is 0 Å². The second-order valence-corrected chi connectivity index (χ2v) is 3.05. The van der Waals surface area contributed by atoms with Gasteiger partial charge in [-0.05, 0) is 12.1 Å². The van der Waals surface area contributed by atoms with E-state index in [0.29, 0.717) is 12.4 Å². The number of pyridine rings is 1. The van der Waals surface area contributed by atoms with Gasteiger partial charge < -0.3 is 10.5 Å². The van der Waals surface area contributed by atoms with Gasteiger partial charge in [0.05, 0.1) is 12.8 Å². The molecule has 0 saturated carbocycles. The van der Waals surface area contributed by atoms with Gasteiger partial charge in [0.15, 0.2) is 0 Å². The predicted molar refractivity (Wildman–Crippen MR) is 56.3 cm³/mol. The molecule has 0 aliphatic carbocycles. The van der Waals surface area contributed by atoms with Gasteiger partial charge in [0, 0.05) is 18.3 Å². The summed E-state index contributed by atoms with van der Waals surface area (Å²) in [7, 11) is 1.59. The molecule has 78 valence electrons. The van der Waals surface area contributed by atoms with Crippen molar-refractivity contribution in [2.24, 2.45) is 5.73 Å². The highest BCUT2D eigenvalue weighted by Gasteiger charge is 2.05. The molecular formula is C10H12N4O. The zero-order valence-electron chi connectivity index (χ0n) is 8.40. The summed E-state index contributed by atoms with van der Waals surface area (Å²) in [6.07, 6.45) is 0. The minimum Gasteiger partial charge on any atom is -0.481 e. The molecule has 2 aromatic rings. The van der Waals surface area contributed by atoms with Crippen LogP contribution in [0.4, 0.5) is 0 Å². The van der Waals surface area contributed by atoms with E-state index in [1.807, 2.05) is 18.2 Å². The average molecular weight is 204 g/mol. The van der Waals surface area contributed by atoms with Crippen molar-refractivity contribution in [2.75, 3.05) is 7.11 Å². The number of rotatable bonds is 3. The molecule has 0 unspecified atom stereocenters. The molecule has 2 rings (SSSR count). The average Bonchev–Trinajstić information content (AvgIpc) is 2.78. The van der Waals surface area contributed by atoms with E-state index < -0.39 is 0 Å². The van der Waals surface area contributed by atoms with E-state index in [2.05, 4.69) is 15.2 Å². The fourth-order valence-corrected chi connectivity index (χ4v) is 1.27. The van der Waals surface area contributed by atoms with E-state index in [4.69, 9.17) is 10.5 Å². The number of methoxy groups -OCH3 is 1. The molecule has 0 fully saturated rings. The van der Waals surface area contributed by atoms with Crippen LogP contribution in [0, 0.1) is 0 Å². The van der Waals surface area contributed by atoms with Crippen molar-refractivity contribution in [1.82, 2.24) is 15.2 Å². The van der Waals surface area contributed by atoms with Gasteiger partial charge in [0.2, 0.25) is 5.88 Å². The monoisotopic (exact) mass is 204 g/mol. The van der Waals surface area contributed by atoms with Crippen LogP contribution >= 0.6 is 0 Å². The molecule has 5 heteroatoms. The van der Waals surface area contributed by atoms with Crippen LogP contribution in [0.25, 0.3) is 11.4 Å². The van der Waals surface area contributed by atoms with Gasteiger partial charge >= 0.3 is 0 Å². The van der Waals surface area contributed by atoms with Crippen LogP contribution in [0.3, 0.4) is 0 Å².